The van der Waals surface area contributed by atoms with Crippen LogP contribution in [0.1, 0.15) is 67.8 Å². The van der Waals surface area contributed by atoms with E-state index in [0.717, 1.165) is 51.3 Å². The first kappa shape index (κ1) is 30.1. The number of methoxy groups -OCH3 is 1. The maximum Gasteiger partial charge on any atom is 0.244 e. The summed E-state index contributed by atoms with van der Waals surface area (Å²) in [5.41, 5.74) is 2.35. The third-order valence-corrected chi connectivity index (χ3v) is 11.6. The molecule has 2 aliphatic heterocycles. The first-order valence-electron chi connectivity index (χ1n) is 15.1. The van der Waals surface area contributed by atoms with E-state index in [9.17, 15) is 13.2 Å². The number of ether oxygens (including phenoxy) is 2. The van der Waals surface area contributed by atoms with Crippen molar-refractivity contribution in [3.05, 3.63) is 47.3 Å². The smallest absolute Gasteiger partial charge is 0.244 e. The zero-order valence-corrected chi connectivity index (χ0v) is 25.9. The van der Waals surface area contributed by atoms with Gasteiger partial charge in [-0.2, -0.15) is 4.31 Å². The Morgan fingerprint density at radius 1 is 1.10 bits per heavy atom. The molecular weight excluding hydrogens is 540 g/mol. The van der Waals surface area contributed by atoms with Crippen LogP contribution >= 0.6 is 0 Å². The minimum Gasteiger partial charge on any atom is -0.497 e. The summed E-state index contributed by atoms with van der Waals surface area (Å²) in [6, 6.07) is 8.02. The van der Waals surface area contributed by atoms with Gasteiger partial charge in [0.15, 0.2) is 0 Å². The molecule has 0 N–H and O–H groups in total. The quantitative estimate of drug-likeness (QED) is 0.440. The topological polar surface area (TPSA) is 84.3 Å². The number of fused-ring (bicyclic) bond motifs is 1. The van der Waals surface area contributed by atoms with E-state index in [4.69, 9.17) is 9.47 Å². The number of amides is 1. The van der Waals surface area contributed by atoms with Crippen molar-refractivity contribution in [1.82, 2.24) is 18.7 Å². The summed E-state index contributed by atoms with van der Waals surface area (Å²) in [6.07, 6.45) is 8.06. The molecule has 3 heterocycles. The number of nitrogens with zero attached hydrogens (tertiary/aromatic N) is 4. The number of aromatic nitrogens is 1. The van der Waals surface area contributed by atoms with Crippen LogP contribution in [0.3, 0.4) is 0 Å². The van der Waals surface area contributed by atoms with Gasteiger partial charge in [-0.25, -0.2) is 8.42 Å². The molecule has 5 rings (SSSR count). The van der Waals surface area contributed by atoms with Gasteiger partial charge >= 0.3 is 0 Å². The van der Waals surface area contributed by atoms with Crippen molar-refractivity contribution >= 4 is 15.9 Å². The van der Waals surface area contributed by atoms with Gasteiger partial charge in [0.25, 0.3) is 0 Å². The molecule has 1 aliphatic carbocycles. The molecule has 0 spiro atoms. The number of sulfonamides is 1. The molecule has 2 fully saturated rings. The van der Waals surface area contributed by atoms with Crippen molar-refractivity contribution < 1.29 is 22.7 Å². The van der Waals surface area contributed by atoms with Gasteiger partial charge in [0.05, 0.1) is 31.3 Å². The second kappa shape index (κ2) is 12.9. The van der Waals surface area contributed by atoms with Gasteiger partial charge < -0.3 is 18.9 Å². The lowest BCUT2D eigenvalue weighted by atomic mass is 9.88. The molecule has 1 aromatic carbocycles. The first-order valence-corrected chi connectivity index (χ1v) is 16.5. The Morgan fingerprint density at radius 2 is 1.83 bits per heavy atom. The Kier molecular flexibility index (Phi) is 9.43. The second-order valence-corrected chi connectivity index (χ2v) is 13.7. The lowest BCUT2D eigenvalue weighted by Crippen LogP contribution is -2.49. The highest BCUT2D eigenvalue weighted by molar-refractivity contribution is 7.89. The van der Waals surface area contributed by atoms with Crippen molar-refractivity contribution in [3.63, 3.8) is 0 Å². The third-order valence-electron chi connectivity index (χ3n) is 9.34. The fraction of sp³-hybridized carbons (Fsp3) is 0.645. The van der Waals surface area contributed by atoms with E-state index in [1.54, 1.807) is 23.5 Å². The predicted octanol–water partition coefficient (Wildman–Crippen LogP) is 4.13. The zero-order valence-electron chi connectivity index (χ0n) is 25.0. The van der Waals surface area contributed by atoms with Crippen molar-refractivity contribution in [2.75, 3.05) is 47.0 Å². The number of morpholine rings is 1. The van der Waals surface area contributed by atoms with Crippen molar-refractivity contribution in [3.8, 4) is 5.75 Å². The van der Waals surface area contributed by atoms with Crippen molar-refractivity contribution in [2.45, 2.75) is 88.4 Å². The molecule has 2 aromatic rings. The van der Waals surface area contributed by atoms with E-state index in [1.807, 2.05) is 44.1 Å². The van der Waals surface area contributed by atoms with E-state index in [1.165, 1.54) is 6.42 Å². The average Bonchev–Trinajstić information content (AvgIpc) is 3.46. The summed E-state index contributed by atoms with van der Waals surface area (Å²) in [5.74, 6) is 0.806. The SMILES string of the molecule is COc1cc(C)c(S(=O)(=O)N2CCn3cccc3C2CCCC(=O)N(C)[C@@H]2CCC[C@H](N3CCOCC3)C2)c(C)c1. The number of rotatable bonds is 9. The third kappa shape index (κ3) is 6.35. The molecule has 1 unspecified atom stereocenters. The first-order chi connectivity index (χ1) is 19.7. The Hall–Kier alpha value is -2.40. The fourth-order valence-corrected chi connectivity index (χ4v) is 9.20. The maximum atomic E-state index is 14.1. The number of hydrogen-bond donors (Lipinski definition) is 0. The maximum absolute atomic E-state index is 14.1. The molecule has 41 heavy (non-hydrogen) atoms. The Morgan fingerprint density at radius 3 is 2.54 bits per heavy atom. The molecule has 1 saturated carbocycles. The van der Waals surface area contributed by atoms with Gasteiger partial charge in [0, 0.05) is 63.6 Å². The summed E-state index contributed by atoms with van der Waals surface area (Å²) >= 11 is 0. The molecule has 1 saturated heterocycles. The molecule has 1 aromatic heterocycles. The van der Waals surface area contributed by atoms with Crippen LogP contribution in [0.4, 0.5) is 0 Å². The number of hydrogen-bond acceptors (Lipinski definition) is 6. The normalized spacial score (nSPS) is 24.1. The molecule has 0 bridgehead atoms. The summed E-state index contributed by atoms with van der Waals surface area (Å²) in [6.45, 7) is 8.22. The largest absolute Gasteiger partial charge is 0.497 e. The number of carbonyl (C=O) groups excluding carboxylic acids is 1. The summed E-state index contributed by atoms with van der Waals surface area (Å²) < 4.78 is 43.0. The van der Waals surface area contributed by atoms with Gasteiger partial charge in [-0.05, 0) is 87.8 Å². The molecule has 1 amide bonds. The predicted molar refractivity (Wildman–Crippen MR) is 159 cm³/mol. The number of benzene rings is 1. The molecule has 226 valence electrons. The highest BCUT2D eigenvalue weighted by atomic mass is 32.2. The van der Waals surface area contributed by atoms with Crippen LogP contribution in [-0.2, 0) is 26.1 Å². The van der Waals surface area contributed by atoms with Gasteiger partial charge in [0.1, 0.15) is 5.75 Å². The van der Waals surface area contributed by atoms with Gasteiger partial charge in [-0.1, -0.05) is 0 Å². The lowest BCUT2D eigenvalue weighted by molar-refractivity contribution is -0.133. The van der Waals surface area contributed by atoms with Crippen molar-refractivity contribution in [2.24, 2.45) is 0 Å². The molecule has 3 aliphatic rings. The van der Waals surface area contributed by atoms with E-state index < -0.39 is 10.0 Å². The summed E-state index contributed by atoms with van der Waals surface area (Å²) in [7, 11) is -0.223. The van der Waals surface area contributed by atoms with E-state index in [0.29, 0.717) is 60.2 Å². The van der Waals surface area contributed by atoms with Crippen LogP contribution in [0.5, 0.6) is 5.75 Å². The van der Waals surface area contributed by atoms with Crippen LogP contribution in [0.25, 0.3) is 0 Å². The fourth-order valence-electron chi connectivity index (χ4n) is 7.17. The second-order valence-electron chi connectivity index (χ2n) is 11.9. The standard InChI is InChI=1S/C31H46N4O5S/c1-23-20-27(39-4)21-24(2)31(23)41(37,38)35-15-14-34-13-7-11-28(34)29(35)10-6-12-30(36)32(3)25-8-5-9-26(22-25)33-16-18-40-19-17-33/h7,11,13,20-21,25-26,29H,5-6,8-10,12,14-19,22H2,1-4H3/t25-,26+,29?/m1/s1. The van der Waals surface area contributed by atoms with E-state index in [-0.39, 0.29) is 18.0 Å². The van der Waals surface area contributed by atoms with Crippen LogP contribution in [0.2, 0.25) is 0 Å². The van der Waals surface area contributed by atoms with Crippen LogP contribution in [-0.4, -0.2) is 92.1 Å². The molecular formula is C31H46N4O5S. The van der Waals surface area contributed by atoms with Gasteiger partial charge in [-0.3, -0.25) is 9.69 Å². The number of carbonyl (C=O) groups is 1. The Balaban J connectivity index is 1.26. The van der Waals surface area contributed by atoms with E-state index >= 15 is 0 Å². The van der Waals surface area contributed by atoms with Crippen molar-refractivity contribution in [1.29, 1.82) is 0 Å². The Labute approximate surface area is 245 Å². The average molecular weight is 587 g/mol. The van der Waals surface area contributed by atoms with Crippen LogP contribution in [0, 0.1) is 13.8 Å². The molecule has 0 radical (unpaired) electrons. The van der Waals surface area contributed by atoms with Crippen LogP contribution in [0.15, 0.2) is 35.4 Å². The number of aryl methyl sites for hydroxylation is 2. The molecule has 10 heteroatoms. The molecule has 3 atom stereocenters. The highest BCUT2D eigenvalue weighted by Crippen LogP contribution is 2.38. The van der Waals surface area contributed by atoms with Crippen LogP contribution < -0.4 is 4.74 Å². The molecule has 9 nitrogen and oxygen atoms in total. The summed E-state index contributed by atoms with van der Waals surface area (Å²) in [5, 5.41) is 0. The zero-order chi connectivity index (χ0) is 29.1. The lowest BCUT2D eigenvalue weighted by Gasteiger charge is -2.42. The highest BCUT2D eigenvalue weighted by Gasteiger charge is 2.38. The Bertz CT molecular complexity index is 1300. The van der Waals surface area contributed by atoms with E-state index in [2.05, 4.69) is 9.47 Å². The minimum atomic E-state index is -3.76. The minimum absolute atomic E-state index is 0.153. The summed E-state index contributed by atoms with van der Waals surface area (Å²) in [4.78, 5) is 18.2. The monoisotopic (exact) mass is 586 g/mol. The van der Waals surface area contributed by atoms with Gasteiger partial charge in [0.2, 0.25) is 15.9 Å². The van der Waals surface area contributed by atoms with Gasteiger partial charge in [-0.15, -0.1) is 0 Å².